The van der Waals surface area contributed by atoms with E-state index >= 15 is 0 Å². The molecule has 1 aromatic carbocycles. The van der Waals surface area contributed by atoms with Crippen molar-refractivity contribution in [2.24, 2.45) is 5.92 Å². The Morgan fingerprint density at radius 1 is 1.22 bits per heavy atom. The molecule has 0 heterocycles. The van der Waals surface area contributed by atoms with E-state index in [1.54, 1.807) is 31.4 Å². The molecular weight excluding hydrogens is 298 g/mol. The van der Waals surface area contributed by atoms with Crippen molar-refractivity contribution in [2.45, 2.75) is 31.3 Å². The molecule has 23 heavy (non-hydrogen) atoms. The number of hydrogen-bond acceptors (Lipinski definition) is 5. The molecule has 0 bridgehead atoms. The number of benzene rings is 1. The zero-order valence-corrected chi connectivity index (χ0v) is 13.5. The van der Waals surface area contributed by atoms with Crippen LogP contribution in [0.2, 0.25) is 0 Å². The Balaban J connectivity index is 1.85. The number of amides is 1. The van der Waals surface area contributed by atoms with Crippen molar-refractivity contribution in [3.63, 3.8) is 0 Å². The summed E-state index contributed by atoms with van der Waals surface area (Å²) in [5.74, 6) is 0.0596. The van der Waals surface area contributed by atoms with E-state index in [1.165, 1.54) is 7.11 Å². The first kappa shape index (κ1) is 17.3. The summed E-state index contributed by atoms with van der Waals surface area (Å²) in [6, 6.07) is 6.77. The maximum absolute atomic E-state index is 12.1. The fraction of sp³-hybridized carbons (Fsp3) is 0.529. The molecule has 6 heteroatoms. The molecule has 6 nitrogen and oxygen atoms in total. The minimum atomic E-state index is -0.966. The Morgan fingerprint density at radius 3 is 2.35 bits per heavy atom. The van der Waals surface area contributed by atoms with Gasteiger partial charge in [-0.05, 0) is 49.9 Å². The largest absolute Gasteiger partial charge is 0.497 e. The number of methoxy groups -OCH3 is 2. The minimum absolute atomic E-state index is 0.155. The molecule has 126 valence electrons. The lowest BCUT2D eigenvalue weighted by Gasteiger charge is -2.35. The fourth-order valence-corrected chi connectivity index (χ4v) is 2.82. The van der Waals surface area contributed by atoms with Crippen molar-refractivity contribution in [1.29, 1.82) is 0 Å². The van der Waals surface area contributed by atoms with Gasteiger partial charge in [0.25, 0.3) is 5.91 Å². The van der Waals surface area contributed by atoms with Crippen LogP contribution in [-0.2, 0) is 9.53 Å². The van der Waals surface area contributed by atoms with E-state index in [0.29, 0.717) is 37.0 Å². The number of nitrogens with one attached hydrogen (secondary N) is 1. The van der Waals surface area contributed by atoms with Crippen LogP contribution in [0.15, 0.2) is 24.3 Å². The van der Waals surface area contributed by atoms with E-state index < -0.39 is 5.60 Å². The van der Waals surface area contributed by atoms with E-state index in [9.17, 15) is 14.7 Å². The van der Waals surface area contributed by atoms with Gasteiger partial charge < -0.3 is 19.9 Å². The van der Waals surface area contributed by atoms with Crippen LogP contribution >= 0.6 is 0 Å². The summed E-state index contributed by atoms with van der Waals surface area (Å²) in [6.45, 7) is 0.172. The van der Waals surface area contributed by atoms with Crippen molar-refractivity contribution in [3.8, 4) is 5.75 Å². The number of carbonyl (C=O) groups is 2. The third-order valence-electron chi connectivity index (χ3n) is 4.38. The van der Waals surface area contributed by atoms with Gasteiger partial charge in [-0.25, -0.2) is 0 Å². The summed E-state index contributed by atoms with van der Waals surface area (Å²) < 4.78 is 9.78. The summed E-state index contributed by atoms with van der Waals surface area (Å²) in [4.78, 5) is 23.6. The summed E-state index contributed by atoms with van der Waals surface area (Å²) in [6.07, 6.45) is 2.08. The molecule has 0 saturated heterocycles. The quantitative estimate of drug-likeness (QED) is 0.803. The van der Waals surface area contributed by atoms with Gasteiger partial charge in [0.2, 0.25) is 0 Å². The minimum Gasteiger partial charge on any atom is -0.497 e. The van der Waals surface area contributed by atoms with Crippen LogP contribution in [-0.4, -0.2) is 43.3 Å². The average Bonchev–Trinajstić information content (AvgIpc) is 2.60. The molecule has 1 amide bonds. The fourth-order valence-electron chi connectivity index (χ4n) is 2.82. The molecule has 1 saturated carbocycles. The van der Waals surface area contributed by atoms with Gasteiger partial charge in [-0.1, -0.05) is 0 Å². The molecule has 1 aliphatic rings. The summed E-state index contributed by atoms with van der Waals surface area (Å²) >= 11 is 0. The zero-order chi connectivity index (χ0) is 16.9. The highest BCUT2D eigenvalue weighted by molar-refractivity contribution is 5.94. The average molecular weight is 321 g/mol. The molecule has 0 unspecified atom stereocenters. The van der Waals surface area contributed by atoms with Crippen molar-refractivity contribution < 1.29 is 24.2 Å². The summed E-state index contributed by atoms with van der Waals surface area (Å²) in [7, 11) is 2.94. The number of carbonyl (C=O) groups excluding carboxylic acids is 2. The maximum atomic E-state index is 12.1. The highest BCUT2D eigenvalue weighted by Crippen LogP contribution is 2.32. The number of esters is 1. The van der Waals surface area contributed by atoms with Gasteiger partial charge >= 0.3 is 5.97 Å². The van der Waals surface area contributed by atoms with Crippen LogP contribution in [0, 0.1) is 5.92 Å². The molecule has 0 spiro atoms. The Morgan fingerprint density at radius 2 is 1.83 bits per heavy atom. The van der Waals surface area contributed by atoms with Gasteiger partial charge in [0, 0.05) is 12.1 Å². The van der Waals surface area contributed by atoms with Crippen molar-refractivity contribution in [3.05, 3.63) is 29.8 Å². The van der Waals surface area contributed by atoms with E-state index in [2.05, 4.69) is 5.32 Å². The van der Waals surface area contributed by atoms with Crippen LogP contribution in [0.3, 0.4) is 0 Å². The van der Waals surface area contributed by atoms with Crippen molar-refractivity contribution in [1.82, 2.24) is 5.32 Å². The standard InChI is InChI=1S/C17H23NO5/c1-22-14-5-3-12(4-6-14)15(19)18-11-17(21)9-7-13(8-10-17)16(20)23-2/h3-6,13,21H,7-11H2,1-2H3,(H,18,19). The van der Waals surface area contributed by atoms with Crippen LogP contribution in [0.1, 0.15) is 36.0 Å². The number of ether oxygens (including phenoxy) is 2. The third-order valence-corrected chi connectivity index (χ3v) is 4.38. The monoisotopic (exact) mass is 321 g/mol. The predicted molar refractivity (Wildman–Crippen MR) is 84.3 cm³/mol. The molecule has 1 aromatic rings. The van der Waals surface area contributed by atoms with E-state index in [-0.39, 0.29) is 24.3 Å². The Bertz CT molecular complexity index is 547. The lowest BCUT2D eigenvalue weighted by molar-refractivity contribution is -0.148. The molecule has 2 N–H and O–H groups in total. The zero-order valence-electron chi connectivity index (χ0n) is 13.5. The second-order valence-corrected chi connectivity index (χ2v) is 5.93. The van der Waals surface area contributed by atoms with E-state index in [0.717, 1.165) is 0 Å². The van der Waals surface area contributed by atoms with Crippen LogP contribution in [0.5, 0.6) is 5.75 Å². The van der Waals surface area contributed by atoms with Crippen molar-refractivity contribution in [2.75, 3.05) is 20.8 Å². The topological polar surface area (TPSA) is 84.9 Å². The number of rotatable bonds is 5. The normalized spacial score (nSPS) is 23.9. The van der Waals surface area contributed by atoms with Gasteiger partial charge in [0.05, 0.1) is 25.7 Å². The molecule has 0 aliphatic heterocycles. The molecule has 0 atom stereocenters. The summed E-state index contributed by atoms with van der Waals surface area (Å²) in [5, 5.41) is 13.3. The van der Waals surface area contributed by atoms with Gasteiger partial charge in [0.15, 0.2) is 0 Å². The smallest absolute Gasteiger partial charge is 0.308 e. The first-order valence-corrected chi connectivity index (χ1v) is 7.70. The summed E-state index contributed by atoms with van der Waals surface area (Å²) in [5.41, 5.74) is -0.454. The van der Waals surface area contributed by atoms with E-state index in [1.807, 2.05) is 0 Å². The van der Waals surface area contributed by atoms with Gasteiger partial charge in [0.1, 0.15) is 5.75 Å². The van der Waals surface area contributed by atoms with Gasteiger partial charge in [-0.3, -0.25) is 9.59 Å². The second kappa shape index (κ2) is 7.46. The Labute approximate surface area is 135 Å². The number of hydrogen-bond donors (Lipinski definition) is 2. The first-order valence-electron chi connectivity index (χ1n) is 7.70. The highest BCUT2D eigenvalue weighted by atomic mass is 16.5. The predicted octanol–water partition coefficient (Wildman–Crippen LogP) is 1.52. The third kappa shape index (κ3) is 4.45. The first-order chi connectivity index (χ1) is 11.0. The molecule has 0 aromatic heterocycles. The van der Waals surface area contributed by atoms with Crippen LogP contribution in [0.4, 0.5) is 0 Å². The molecule has 0 radical (unpaired) electrons. The highest BCUT2D eigenvalue weighted by Gasteiger charge is 2.36. The lowest BCUT2D eigenvalue weighted by Crippen LogP contribution is -2.46. The maximum Gasteiger partial charge on any atom is 0.308 e. The van der Waals surface area contributed by atoms with Gasteiger partial charge in [-0.15, -0.1) is 0 Å². The molecule has 1 fully saturated rings. The lowest BCUT2D eigenvalue weighted by atomic mass is 9.78. The Hall–Kier alpha value is -2.08. The SMILES string of the molecule is COC(=O)C1CCC(O)(CNC(=O)c2ccc(OC)cc2)CC1. The van der Waals surface area contributed by atoms with Crippen LogP contribution in [0.25, 0.3) is 0 Å². The van der Waals surface area contributed by atoms with Crippen LogP contribution < -0.4 is 10.1 Å². The molecule has 2 rings (SSSR count). The second-order valence-electron chi connectivity index (χ2n) is 5.93. The number of aliphatic hydroxyl groups is 1. The van der Waals surface area contributed by atoms with Gasteiger partial charge in [-0.2, -0.15) is 0 Å². The molecular formula is C17H23NO5. The van der Waals surface area contributed by atoms with E-state index in [4.69, 9.17) is 9.47 Å². The molecule has 1 aliphatic carbocycles. The Kier molecular flexibility index (Phi) is 5.60. The van der Waals surface area contributed by atoms with Crippen molar-refractivity contribution >= 4 is 11.9 Å².